The van der Waals surface area contributed by atoms with Gasteiger partial charge in [0.1, 0.15) is 6.04 Å². The summed E-state index contributed by atoms with van der Waals surface area (Å²) in [6.45, 7) is 0.342. The topological polar surface area (TPSA) is 68.6 Å². The van der Waals surface area contributed by atoms with Crippen LogP contribution in [-0.2, 0) is 26.6 Å². The van der Waals surface area contributed by atoms with Crippen LogP contribution in [0.25, 0.3) is 10.9 Å². The molecule has 118 valence electrons. The second-order valence-corrected chi connectivity index (χ2v) is 7.33. The molecule has 0 amide bonds. The number of ether oxygens (including phenoxy) is 1. The van der Waals surface area contributed by atoms with Crippen molar-refractivity contribution < 1.29 is 17.9 Å². The lowest BCUT2D eigenvalue weighted by Gasteiger charge is -2.22. The SMILES string of the molecule is COC(=O)C1CCCN1S(=O)(=O)c1ccc2c(ccn2C)c1. The van der Waals surface area contributed by atoms with Gasteiger partial charge in [-0.25, -0.2) is 8.42 Å². The number of hydrogen-bond acceptors (Lipinski definition) is 4. The first kappa shape index (κ1) is 15.1. The fraction of sp³-hybridized carbons (Fsp3) is 0.400. The predicted molar refractivity (Wildman–Crippen MR) is 81.8 cm³/mol. The molecule has 6 nitrogen and oxygen atoms in total. The van der Waals surface area contributed by atoms with E-state index in [0.29, 0.717) is 19.4 Å². The molecule has 1 atom stereocenters. The van der Waals surface area contributed by atoms with Crippen LogP contribution in [0.5, 0.6) is 0 Å². The van der Waals surface area contributed by atoms with Crippen LogP contribution < -0.4 is 0 Å². The van der Waals surface area contributed by atoms with E-state index in [1.54, 1.807) is 18.2 Å². The van der Waals surface area contributed by atoms with E-state index in [2.05, 4.69) is 0 Å². The maximum Gasteiger partial charge on any atom is 0.324 e. The van der Waals surface area contributed by atoms with Crippen molar-refractivity contribution in [1.29, 1.82) is 0 Å². The van der Waals surface area contributed by atoms with Crippen LogP contribution in [0.2, 0.25) is 0 Å². The van der Waals surface area contributed by atoms with E-state index in [9.17, 15) is 13.2 Å². The quantitative estimate of drug-likeness (QED) is 0.803. The molecular weight excluding hydrogens is 304 g/mol. The van der Waals surface area contributed by atoms with Crippen LogP contribution in [0.4, 0.5) is 0 Å². The number of carbonyl (C=O) groups excluding carboxylic acids is 1. The number of fused-ring (bicyclic) bond motifs is 1. The van der Waals surface area contributed by atoms with Gasteiger partial charge in [-0.3, -0.25) is 4.79 Å². The Bertz CT molecular complexity index is 825. The number of methoxy groups -OCH3 is 1. The largest absolute Gasteiger partial charge is 0.468 e. The van der Waals surface area contributed by atoms with Crippen molar-refractivity contribution in [2.75, 3.05) is 13.7 Å². The lowest BCUT2D eigenvalue weighted by atomic mass is 10.2. The molecule has 2 heterocycles. The zero-order chi connectivity index (χ0) is 15.9. The number of sulfonamides is 1. The average molecular weight is 322 g/mol. The standard InChI is InChI=1S/C15H18N2O4S/c1-16-9-7-11-10-12(5-6-13(11)16)22(19,20)17-8-3-4-14(17)15(18)21-2/h5-7,9-10,14H,3-4,8H2,1-2H3. The van der Waals surface area contributed by atoms with E-state index in [4.69, 9.17) is 4.74 Å². The van der Waals surface area contributed by atoms with Crippen LogP contribution in [-0.4, -0.2) is 43.0 Å². The maximum atomic E-state index is 12.8. The van der Waals surface area contributed by atoms with Gasteiger partial charge in [0.05, 0.1) is 12.0 Å². The Morgan fingerprint density at radius 3 is 2.82 bits per heavy atom. The molecule has 0 radical (unpaired) electrons. The fourth-order valence-corrected chi connectivity index (χ4v) is 4.64. The monoisotopic (exact) mass is 322 g/mol. The van der Waals surface area contributed by atoms with Crippen LogP contribution in [0, 0.1) is 0 Å². The van der Waals surface area contributed by atoms with Gasteiger partial charge >= 0.3 is 5.97 Å². The first-order valence-electron chi connectivity index (χ1n) is 7.10. The zero-order valence-corrected chi connectivity index (χ0v) is 13.3. The van der Waals surface area contributed by atoms with Crippen molar-refractivity contribution in [3.63, 3.8) is 0 Å². The van der Waals surface area contributed by atoms with E-state index in [-0.39, 0.29) is 4.90 Å². The molecule has 0 spiro atoms. The Morgan fingerprint density at radius 2 is 2.09 bits per heavy atom. The van der Waals surface area contributed by atoms with Crippen molar-refractivity contribution in [2.24, 2.45) is 7.05 Å². The van der Waals surface area contributed by atoms with Gasteiger partial charge in [0.15, 0.2) is 0 Å². The maximum absolute atomic E-state index is 12.8. The molecule has 3 rings (SSSR count). The molecule has 1 saturated heterocycles. The van der Waals surface area contributed by atoms with Gasteiger partial charge in [-0.05, 0) is 37.1 Å². The Morgan fingerprint density at radius 1 is 1.32 bits per heavy atom. The summed E-state index contributed by atoms with van der Waals surface area (Å²) in [6.07, 6.45) is 3.04. The third-order valence-electron chi connectivity index (χ3n) is 4.14. The summed E-state index contributed by atoms with van der Waals surface area (Å²) in [5, 5.41) is 0.859. The Balaban J connectivity index is 2.02. The molecule has 1 aromatic heterocycles. The van der Waals surface area contributed by atoms with Gasteiger partial charge in [0.25, 0.3) is 0 Å². The van der Waals surface area contributed by atoms with Crippen LogP contribution >= 0.6 is 0 Å². The fourth-order valence-electron chi connectivity index (χ4n) is 2.96. The highest BCUT2D eigenvalue weighted by molar-refractivity contribution is 7.89. The molecule has 1 unspecified atom stereocenters. The summed E-state index contributed by atoms with van der Waals surface area (Å²) in [6, 6.07) is 6.17. The van der Waals surface area contributed by atoms with Crippen molar-refractivity contribution in [1.82, 2.24) is 8.87 Å². The summed E-state index contributed by atoms with van der Waals surface area (Å²) < 4.78 is 33.6. The number of aryl methyl sites for hydroxylation is 1. The van der Waals surface area contributed by atoms with E-state index < -0.39 is 22.0 Å². The molecule has 0 saturated carbocycles. The highest BCUT2D eigenvalue weighted by Crippen LogP contribution is 2.28. The summed E-state index contributed by atoms with van der Waals surface area (Å²) in [4.78, 5) is 12.0. The molecule has 22 heavy (non-hydrogen) atoms. The third-order valence-corrected chi connectivity index (χ3v) is 6.04. The number of hydrogen-bond donors (Lipinski definition) is 0. The van der Waals surface area contributed by atoms with Crippen molar-refractivity contribution in [3.8, 4) is 0 Å². The average Bonchev–Trinajstić information content (AvgIpc) is 3.14. The minimum atomic E-state index is -3.70. The van der Waals surface area contributed by atoms with Crippen molar-refractivity contribution >= 4 is 26.9 Å². The molecule has 7 heteroatoms. The smallest absolute Gasteiger partial charge is 0.324 e. The minimum absolute atomic E-state index is 0.210. The van der Waals surface area contributed by atoms with Gasteiger partial charge in [0.2, 0.25) is 10.0 Å². The molecular formula is C15H18N2O4S. The number of aromatic nitrogens is 1. The molecule has 0 aliphatic carbocycles. The zero-order valence-electron chi connectivity index (χ0n) is 12.5. The number of carbonyl (C=O) groups is 1. The predicted octanol–water partition coefficient (Wildman–Crippen LogP) is 1.50. The van der Waals surface area contributed by atoms with Gasteiger partial charge in [-0.1, -0.05) is 0 Å². The second kappa shape index (κ2) is 5.40. The minimum Gasteiger partial charge on any atom is -0.468 e. The van der Waals surface area contributed by atoms with E-state index >= 15 is 0 Å². The summed E-state index contributed by atoms with van der Waals surface area (Å²) in [5.74, 6) is -0.498. The summed E-state index contributed by atoms with van der Waals surface area (Å²) >= 11 is 0. The van der Waals surface area contributed by atoms with Gasteiger partial charge < -0.3 is 9.30 Å². The summed E-state index contributed by atoms with van der Waals surface area (Å²) in [5.41, 5.74) is 0.963. The molecule has 1 aliphatic heterocycles. The lowest BCUT2D eigenvalue weighted by Crippen LogP contribution is -2.41. The normalized spacial score (nSPS) is 19.6. The van der Waals surface area contributed by atoms with Gasteiger partial charge in [-0.2, -0.15) is 4.31 Å². The van der Waals surface area contributed by atoms with Crippen LogP contribution in [0.1, 0.15) is 12.8 Å². The number of rotatable bonds is 3. The first-order valence-corrected chi connectivity index (χ1v) is 8.54. The third kappa shape index (κ3) is 2.30. The van der Waals surface area contributed by atoms with Crippen LogP contribution in [0.3, 0.4) is 0 Å². The van der Waals surface area contributed by atoms with Crippen molar-refractivity contribution in [3.05, 3.63) is 30.5 Å². The summed E-state index contributed by atoms with van der Waals surface area (Å²) in [7, 11) is -0.516. The van der Waals surface area contributed by atoms with Crippen LogP contribution in [0.15, 0.2) is 35.4 Å². The highest BCUT2D eigenvalue weighted by atomic mass is 32.2. The molecule has 0 bridgehead atoms. The molecule has 1 fully saturated rings. The lowest BCUT2D eigenvalue weighted by molar-refractivity contribution is -0.144. The van der Waals surface area contributed by atoms with Crippen molar-refractivity contribution in [2.45, 2.75) is 23.8 Å². The molecule has 1 aromatic carbocycles. The first-order chi connectivity index (χ1) is 10.4. The van der Waals surface area contributed by atoms with E-state index in [0.717, 1.165) is 10.9 Å². The second-order valence-electron chi connectivity index (χ2n) is 5.44. The number of nitrogens with zero attached hydrogens (tertiary/aromatic N) is 2. The molecule has 1 aliphatic rings. The Hall–Kier alpha value is -1.86. The van der Waals surface area contributed by atoms with E-state index in [1.165, 1.54) is 11.4 Å². The molecule has 2 aromatic rings. The van der Waals surface area contributed by atoms with E-state index in [1.807, 2.05) is 23.9 Å². The number of esters is 1. The Kier molecular flexibility index (Phi) is 3.70. The highest BCUT2D eigenvalue weighted by Gasteiger charge is 2.40. The molecule has 0 N–H and O–H groups in total. The van der Waals surface area contributed by atoms with Gasteiger partial charge in [-0.15, -0.1) is 0 Å². The number of benzene rings is 1. The van der Waals surface area contributed by atoms with Gasteiger partial charge in [0, 0.05) is 30.7 Å². The Labute approximate surface area is 129 Å².